The largest absolute Gasteiger partial charge is 0.476 e. The van der Waals surface area contributed by atoms with Gasteiger partial charge in [0.2, 0.25) is 0 Å². The average molecular weight is 236 g/mol. The first-order valence-electron chi connectivity index (χ1n) is 4.94. The van der Waals surface area contributed by atoms with Crippen molar-refractivity contribution in [3.05, 3.63) is 35.9 Å². The maximum atomic E-state index is 11.0. The van der Waals surface area contributed by atoms with Gasteiger partial charge in [0.15, 0.2) is 5.71 Å². The Morgan fingerprint density at radius 2 is 2.00 bits per heavy atom. The number of aliphatic carboxylic acids is 1. The van der Waals surface area contributed by atoms with Gasteiger partial charge in [-0.1, -0.05) is 30.3 Å². The molecule has 0 saturated carbocycles. The van der Waals surface area contributed by atoms with Crippen LogP contribution >= 0.6 is 0 Å². The van der Waals surface area contributed by atoms with Gasteiger partial charge in [0.05, 0.1) is 6.61 Å². The lowest BCUT2D eigenvalue weighted by atomic mass is 10.1. The first-order valence-corrected chi connectivity index (χ1v) is 4.94. The van der Waals surface area contributed by atoms with Gasteiger partial charge < -0.3 is 9.84 Å². The van der Waals surface area contributed by atoms with E-state index >= 15 is 0 Å². The van der Waals surface area contributed by atoms with Gasteiger partial charge in [-0.2, -0.15) is 5.10 Å². The molecule has 0 saturated heterocycles. The summed E-state index contributed by atoms with van der Waals surface area (Å²) < 4.78 is 4.56. The molecule has 0 fully saturated rings. The Kier molecular flexibility index (Phi) is 4.68. The number of carbonyl (C=O) groups excluding carboxylic acids is 1. The number of carbonyl (C=O) groups is 2. The number of hydrazone groups is 1. The van der Waals surface area contributed by atoms with Crippen LogP contribution in [0, 0.1) is 0 Å². The zero-order valence-corrected chi connectivity index (χ0v) is 9.21. The van der Waals surface area contributed by atoms with E-state index in [1.165, 1.54) is 0 Å². The molecule has 0 aromatic heterocycles. The van der Waals surface area contributed by atoms with Gasteiger partial charge in [0, 0.05) is 5.56 Å². The third kappa shape index (κ3) is 3.94. The smallest absolute Gasteiger partial charge is 0.427 e. The minimum atomic E-state index is -1.23. The molecule has 1 rings (SSSR count). The quantitative estimate of drug-likeness (QED) is 0.607. The number of ether oxygens (including phenoxy) is 1. The molecule has 6 heteroatoms. The van der Waals surface area contributed by atoms with Crippen LogP contribution in [0.3, 0.4) is 0 Å². The molecule has 17 heavy (non-hydrogen) atoms. The highest BCUT2D eigenvalue weighted by Gasteiger charge is 2.12. The highest BCUT2D eigenvalue weighted by Crippen LogP contribution is 2.01. The SMILES string of the molecule is CCOC(=O)N/N=C(/C(=O)O)c1ccccc1. The Balaban J connectivity index is 2.84. The molecule has 0 aliphatic rings. The van der Waals surface area contributed by atoms with Crippen molar-refractivity contribution in [2.75, 3.05) is 6.61 Å². The highest BCUT2D eigenvalue weighted by atomic mass is 16.5. The Morgan fingerprint density at radius 1 is 1.35 bits per heavy atom. The molecular formula is C11H12N2O4. The van der Waals surface area contributed by atoms with Crippen molar-refractivity contribution in [1.29, 1.82) is 0 Å². The molecule has 1 aromatic carbocycles. The fraction of sp³-hybridized carbons (Fsp3) is 0.182. The molecular weight excluding hydrogens is 224 g/mol. The van der Waals surface area contributed by atoms with E-state index in [2.05, 4.69) is 9.84 Å². The summed E-state index contributed by atoms with van der Waals surface area (Å²) in [5.41, 5.74) is 2.16. The van der Waals surface area contributed by atoms with Crippen LogP contribution < -0.4 is 5.43 Å². The Hall–Kier alpha value is -2.37. The van der Waals surface area contributed by atoms with Crippen LogP contribution in [0.25, 0.3) is 0 Å². The lowest BCUT2D eigenvalue weighted by Crippen LogP contribution is -2.24. The van der Waals surface area contributed by atoms with E-state index in [1.807, 2.05) is 5.43 Å². The molecule has 2 N–H and O–H groups in total. The van der Waals surface area contributed by atoms with Crippen molar-refractivity contribution in [2.45, 2.75) is 6.92 Å². The molecule has 0 unspecified atom stereocenters. The first-order chi connectivity index (χ1) is 8.15. The van der Waals surface area contributed by atoms with Crippen molar-refractivity contribution in [3.8, 4) is 0 Å². The molecule has 0 radical (unpaired) electrons. The second kappa shape index (κ2) is 6.26. The normalized spacial score (nSPS) is 10.8. The number of nitrogens with zero attached hydrogens (tertiary/aromatic N) is 1. The topological polar surface area (TPSA) is 88.0 Å². The van der Waals surface area contributed by atoms with Gasteiger partial charge in [-0.25, -0.2) is 15.0 Å². The van der Waals surface area contributed by atoms with Crippen molar-refractivity contribution in [1.82, 2.24) is 5.43 Å². The third-order valence-corrected chi connectivity index (χ3v) is 1.78. The molecule has 0 spiro atoms. The molecule has 90 valence electrons. The summed E-state index contributed by atoms with van der Waals surface area (Å²) >= 11 is 0. The molecule has 0 aliphatic heterocycles. The molecule has 0 heterocycles. The summed E-state index contributed by atoms with van der Waals surface area (Å²) in [5.74, 6) is -1.23. The maximum Gasteiger partial charge on any atom is 0.427 e. The number of carboxylic acid groups (broad SMARTS) is 1. The van der Waals surface area contributed by atoms with Gasteiger partial charge in [-0.05, 0) is 6.92 Å². The van der Waals surface area contributed by atoms with E-state index in [1.54, 1.807) is 37.3 Å². The Labute approximate surface area is 97.9 Å². The van der Waals surface area contributed by atoms with E-state index in [9.17, 15) is 9.59 Å². The van der Waals surface area contributed by atoms with E-state index in [0.717, 1.165) is 0 Å². The molecule has 0 bridgehead atoms. The monoisotopic (exact) mass is 236 g/mol. The summed E-state index contributed by atoms with van der Waals surface area (Å²) in [6.45, 7) is 1.83. The minimum absolute atomic E-state index is 0.190. The lowest BCUT2D eigenvalue weighted by Gasteiger charge is -2.03. The summed E-state index contributed by atoms with van der Waals surface area (Å²) in [6, 6.07) is 8.28. The number of hydrogen-bond donors (Lipinski definition) is 2. The average Bonchev–Trinajstić information content (AvgIpc) is 2.30. The molecule has 1 aromatic rings. The van der Waals surface area contributed by atoms with Crippen LogP contribution in [0.5, 0.6) is 0 Å². The van der Waals surface area contributed by atoms with Crippen LogP contribution in [0.4, 0.5) is 4.79 Å². The van der Waals surface area contributed by atoms with E-state index in [-0.39, 0.29) is 12.3 Å². The molecule has 6 nitrogen and oxygen atoms in total. The lowest BCUT2D eigenvalue weighted by molar-refractivity contribution is -0.129. The van der Waals surface area contributed by atoms with Crippen LogP contribution in [0.2, 0.25) is 0 Å². The standard InChI is InChI=1S/C11H12N2O4/c1-2-17-11(16)13-12-9(10(14)15)8-6-4-3-5-7-8/h3-7H,2H2,1H3,(H,13,16)(H,14,15)/b12-9+. The highest BCUT2D eigenvalue weighted by molar-refractivity contribution is 6.42. The number of nitrogens with one attached hydrogen (secondary N) is 1. The summed E-state index contributed by atoms with van der Waals surface area (Å²) in [7, 11) is 0. The van der Waals surface area contributed by atoms with E-state index < -0.39 is 12.1 Å². The number of carboxylic acids is 1. The van der Waals surface area contributed by atoms with Crippen LogP contribution in [0.15, 0.2) is 35.4 Å². The number of rotatable bonds is 4. The second-order valence-electron chi connectivity index (χ2n) is 2.96. The first kappa shape index (κ1) is 12.7. The summed E-state index contributed by atoms with van der Waals surface area (Å²) in [6.07, 6.45) is -0.790. The zero-order valence-electron chi connectivity index (χ0n) is 9.21. The van der Waals surface area contributed by atoms with E-state index in [4.69, 9.17) is 5.11 Å². The van der Waals surface area contributed by atoms with Crippen LogP contribution in [-0.2, 0) is 9.53 Å². The fourth-order valence-corrected chi connectivity index (χ4v) is 1.10. The van der Waals surface area contributed by atoms with Gasteiger partial charge >= 0.3 is 12.1 Å². The molecule has 0 aliphatic carbocycles. The van der Waals surface area contributed by atoms with E-state index in [0.29, 0.717) is 5.56 Å². The van der Waals surface area contributed by atoms with Gasteiger partial charge in [-0.15, -0.1) is 0 Å². The molecule has 1 amide bonds. The predicted molar refractivity (Wildman–Crippen MR) is 60.8 cm³/mol. The van der Waals surface area contributed by atoms with Gasteiger partial charge in [0.25, 0.3) is 0 Å². The number of hydrogen-bond acceptors (Lipinski definition) is 4. The Morgan fingerprint density at radius 3 is 2.53 bits per heavy atom. The summed E-state index contributed by atoms with van der Waals surface area (Å²) in [4.78, 5) is 21.9. The third-order valence-electron chi connectivity index (χ3n) is 1.78. The number of amides is 1. The second-order valence-corrected chi connectivity index (χ2v) is 2.96. The predicted octanol–water partition coefficient (Wildman–Crippen LogP) is 1.22. The Bertz CT molecular complexity index is 428. The van der Waals surface area contributed by atoms with Gasteiger partial charge in [0.1, 0.15) is 0 Å². The molecule has 0 atom stereocenters. The van der Waals surface area contributed by atoms with Crippen LogP contribution in [0.1, 0.15) is 12.5 Å². The van der Waals surface area contributed by atoms with Crippen LogP contribution in [-0.4, -0.2) is 29.5 Å². The van der Waals surface area contributed by atoms with Gasteiger partial charge in [-0.3, -0.25) is 0 Å². The minimum Gasteiger partial charge on any atom is -0.476 e. The summed E-state index contributed by atoms with van der Waals surface area (Å²) in [5, 5.41) is 12.5. The van der Waals surface area contributed by atoms with Crippen molar-refractivity contribution >= 4 is 17.8 Å². The van der Waals surface area contributed by atoms with Crippen molar-refractivity contribution in [2.24, 2.45) is 5.10 Å². The zero-order chi connectivity index (χ0) is 12.7. The van der Waals surface area contributed by atoms with Crippen molar-refractivity contribution in [3.63, 3.8) is 0 Å². The number of benzene rings is 1. The fourth-order valence-electron chi connectivity index (χ4n) is 1.10. The maximum absolute atomic E-state index is 11.0. The van der Waals surface area contributed by atoms with Crippen molar-refractivity contribution < 1.29 is 19.4 Å².